The van der Waals surface area contributed by atoms with Crippen LogP contribution >= 0.6 is 0 Å². The van der Waals surface area contributed by atoms with Crippen molar-refractivity contribution in [2.45, 2.75) is 12.5 Å². The molecule has 0 fully saturated rings. The highest BCUT2D eigenvalue weighted by molar-refractivity contribution is 5.84. The molecular formula is C14H17N3O2. The van der Waals surface area contributed by atoms with Gasteiger partial charge in [-0.15, -0.1) is 0 Å². The fourth-order valence-electron chi connectivity index (χ4n) is 1.92. The fourth-order valence-corrected chi connectivity index (χ4v) is 1.92. The predicted octanol–water partition coefficient (Wildman–Crippen LogP) is 1.08. The third kappa shape index (κ3) is 3.20. The zero-order valence-electron chi connectivity index (χ0n) is 10.8. The molecule has 1 heterocycles. The third-order valence-corrected chi connectivity index (χ3v) is 2.96. The summed E-state index contributed by atoms with van der Waals surface area (Å²) >= 11 is 0. The van der Waals surface area contributed by atoms with E-state index in [9.17, 15) is 4.79 Å². The number of pyridine rings is 1. The number of nitrogens with one attached hydrogen (secondary N) is 1. The number of nitrogens with zero attached hydrogens (tertiary/aromatic N) is 1. The van der Waals surface area contributed by atoms with Gasteiger partial charge in [0.25, 0.3) is 0 Å². The minimum Gasteiger partial charge on any atom is -0.493 e. The number of benzene rings is 1. The van der Waals surface area contributed by atoms with Crippen LogP contribution < -0.4 is 15.8 Å². The number of primary amides is 1. The highest BCUT2D eigenvalue weighted by Crippen LogP contribution is 2.23. The lowest BCUT2D eigenvalue weighted by atomic mass is 10.2. The van der Waals surface area contributed by atoms with Gasteiger partial charge in [0, 0.05) is 18.0 Å². The molecule has 1 aromatic carbocycles. The smallest absolute Gasteiger partial charge is 0.234 e. The number of aromatic nitrogens is 1. The molecule has 1 amide bonds. The molecular weight excluding hydrogens is 242 g/mol. The maximum atomic E-state index is 11.1. The van der Waals surface area contributed by atoms with Crippen LogP contribution in [-0.4, -0.2) is 30.6 Å². The van der Waals surface area contributed by atoms with Gasteiger partial charge in [-0.25, -0.2) is 0 Å². The van der Waals surface area contributed by atoms with Crippen LogP contribution in [0.15, 0.2) is 36.5 Å². The Morgan fingerprint density at radius 3 is 3.00 bits per heavy atom. The van der Waals surface area contributed by atoms with E-state index in [-0.39, 0.29) is 11.9 Å². The van der Waals surface area contributed by atoms with Gasteiger partial charge in [0.15, 0.2) is 0 Å². The molecule has 0 aliphatic carbocycles. The summed E-state index contributed by atoms with van der Waals surface area (Å²) in [6.07, 6.45) is 2.28. The van der Waals surface area contributed by atoms with Crippen molar-refractivity contribution in [1.29, 1.82) is 0 Å². The molecule has 3 N–H and O–H groups in total. The number of likely N-dealkylation sites (N-methyl/N-ethyl adjacent to an activating group) is 1. The third-order valence-electron chi connectivity index (χ3n) is 2.96. The van der Waals surface area contributed by atoms with Crippen LogP contribution in [0.4, 0.5) is 0 Å². The summed E-state index contributed by atoms with van der Waals surface area (Å²) in [7, 11) is 1.71. The summed E-state index contributed by atoms with van der Waals surface area (Å²) in [5, 5.41) is 3.82. The second-order valence-corrected chi connectivity index (χ2v) is 4.21. The van der Waals surface area contributed by atoms with Gasteiger partial charge in [-0.05, 0) is 31.3 Å². The molecule has 2 rings (SSSR count). The Morgan fingerprint density at radius 2 is 2.26 bits per heavy atom. The van der Waals surface area contributed by atoms with Gasteiger partial charge < -0.3 is 15.8 Å². The minimum absolute atomic E-state index is 0.367. The van der Waals surface area contributed by atoms with Crippen LogP contribution in [0.25, 0.3) is 10.9 Å². The monoisotopic (exact) mass is 259 g/mol. The zero-order chi connectivity index (χ0) is 13.7. The number of ether oxygens (including phenoxy) is 1. The van der Waals surface area contributed by atoms with Gasteiger partial charge in [-0.1, -0.05) is 6.07 Å². The molecule has 0 saturated heterocycles. The molecule has 5 heteroatoms. The van der Waals surface area contributed by atoms with Gasteiger partial charge in [0.05, 0.1) is 18.2 Å². The number of amides is 1. The van der Waals surface area contributed by atoms with Gasteiger partial charge >= 0.3 is 0 Å². The number of carbonyl (C=O) groups excluding carboxylic acids is 1. The largest absolute Gasteiger partial charge is 0.493 e. The number of hydrogen-bond donors (Lipinski definition) is 2. The normalized spacial score (nSPS) is 12.3. The number of fused-ring (bicyclic) bond motifs is 1. The average Bonchev–Trinajstić information content (AvgIpc) is 2.43. The molecule has 1 unspecified atom stereocenters. The van der Waals surface area contributed by atoms with Crippen molar-refractivity contribution < 1.29 is 9.53 Å². The second kappa shape index (κ2) is 6.15. The molecule has 19 heavy (non-hydrogen) atoms. The molecule has 0 saturated carbocycles. The minimum atomic E-state index is -0.370. The van der Waals surface area contributed by atoms with E-state index in [1.807, 2.05) is 30.3 Å². The fraction of sp³-hybridized carbons (Fsp3) is 0.286. The average molecular weight is 259 g/mol. The van der Waals surface area contributed by atoms with Gasteiger partial charge in [0.1, 0.15) is 5.75 Å². The molecule has 0 aliphatic rings. The lowest BCUT2D eigenvalue weighted by Gasteiger charge is -2.13. The first-order valence-electron chi connectivity index (χ1n) is 6.15. The Balaban J connectivity index is 2.04. The summed E-state index contributed by atoms with van der Waals surface area (Å²) in [4.78, 5) is 15.3. The molecule has 100 valence electrons. The van der Waals surface area contributed by atoms with E-state index in [1.165, 1.54) is 0 Å². The molecule has 0 aliphatic heterocycles. The van der Waals surface area contributed by atoms with Crippen molar-refractivity contribution in [2.75, 3.05) is 13.7 Å². The van der Waals surface area contributed by atoms with E-state index in [4.69, 9.17) is 10.5 Å². The quantitative estimate of drug-likeness (QED) is 0.813. The van der Waals surface area contributed by atoms with Crippen molar-refractivity contribution in [1.82, 2.24) is 10.3 Å². The van der Waals surface area contributed by atoms with Crippen molar-refractivity contribution in [2.24, 2.45) is 5.73 Å². The van der Waals surface area contributed by atoms with Crippen LogP contribution in [0, 0.1) is 0 Å². The van der Waals surface area contributed by atoms with Gasteiger partial charge in [-0.2, -0.15) is 0 Å². The van der Waals surface area contributed by atoms with Crippen LogP contribution in [-0.2, 0) is 4.79 Å². The van der Waals surface area contributed by atoms with E-state index in [1.54, 1.807) is 13.2 Å². The first kappa shape index (κ1) is 13.3. The number of carbonyl (C=O) groups is 1. The van der Waals surface area contributed by atoms with Crippen molar-refractivity contribution >= 4 is 16.8 Å². The topological polar surface area (TPSA) is 77.2 Å². The molecule has 1 atom stereocenters. The van der Waals surface area contributed by atoms with Crippen molar-refractivity contribution in [3.8, 4) is 5.75 Å². The highest BCUT2D eigenvalue weighted by Gasteiger charge is 2.12. The first-order valence-corrected chi connectivity index (χ1v) is 6.15. The van der Waals surface area contributed by atoms with E-state index >= 15 is 0 Å². The molecule has 0 bridgehead atoms. The molecule has 2 aromatic rings. The maximum absolute atomic E-state index is 11.1. The summed E-state index contributed by atoms with van der Waals surface area (Å²) in [6, 6.07) is 9.18. The predicted molar refractivity (Wildman–Crippen MR) is 73.9 cm³/mol. The lowest BCUT2D eigenvalue weighted by molar-refractivity contribution is -0.120. The number of hydrogen-bond acceptors (Lipinski definition) is 4. The Morgan fingerprint density at radius 1 is 1.42 bits per heavy atom. The molecule has 5 nitrogen and oxygen atoms in total. The van der Waals surface area contributed by atoms with Crippen LogP contribution in [0.2, 0.25) is 0 Å². The summed E-state index contributed by atoms with van der Waals surface area (Å²) in [6.45, 7) is 0.419. The number of nitrogens with two attached hydrogens (primary N) is 1. The maximum Gasteiger partial charge on any atom is 0.234 e. The van der Waals surface area contributed by atoms with E-state index in [0.717, 1.165) is 16.7 Å². The molecule has 0 spiro atoms. The van der Waals surface area contributed by atoms with Crippen molar-refractivity contribution in [3.05, 3.63) is 36.5 Å². The SMILES string of the molecule is CNC(CCOc1cccc2ncccc12)C(N)=O. The van der Waals surface area contributed by atoms with Crippen LogP contribution in [0.1, 0.15) is 6.42 Å². The summed E-state index contributed by atoms with van der Waals surface area (Å²) in [5.74, 6) is 0.399. The van der Waals surface area contributed by atoms with E-state index < -0.39 is 0 Å². The second-order valence-electron chi connectivity index (χ2n) is 4.21. The van der Waals surface area contributed by atoms with Crippen LogP contribution in [0.5, 0.6) is 5.75 Å². The summed E-state index contributed by atoms with van der Waals surface area (Å²) in [5.41, 5.74) is 6.14. The lowest BCUT2D eigenvalue weighted by Crippen LogP contribution is -2.40. The Kier molecular flexibility index (Phi) is 4.30. The van der Waals surface area contributed by atoms with E-state index in [0.29, 0.717) is 13.0 Å². The van der Waals surface area contributed by atoms with Crippen molar-refractivity contribution in [3.63, 3.8) is 0 Å². The highest BCUT2D eigenvalue weighted by atomic mass is 16.5. The van der Waals surface area contributed by atoms with Gasteiger partial charge in [-0.3, -0.25) is 9.78 Å². The van der Waals surface area contributed by atoms with Gasteiger partial charge in [0.2, 0.25) is 5.91 Å². The van der Waals surface area contributed by atoms with Crippen LogP contribution in [0.3, 0.4) is 0 Å². The molecule has 1 aromatic heterocycles. The standard InChI is InChI=1S/C14H17N3O2/c1-16-12(14(15)18)7-9-19-13-6-2-5-11-10(13)4-3-8-17-11/h2-6,8,12,16H,7,9H2,1H3,(H2,15,18). The Labute approximate surface area is 111 Å². The zero-order valence-corrected chi connectivity index (χ0v) is 10.8. The first-order chi connectivity index (χ1) is 9.22. The summed E-state index contributed by atoms with van der Waals surface area (Å²) < 4.78 is 5.71. The Hall–Kier alpha value is -2.14. The number of rotatable bonds is 6. The van der Waals surface area contributed by atoms with E-state index in [2.05, 4.69) is 10.3 Å². The molecule has 0 radical (unpaired) electrons. The Bertz CT molecular complexity index is 566.